The molecular formula is C24H24N2O4S. The number of aromatic nitrogens is 1. The molecule has 4 rings (SSSR count). The molecule has 6 nitrogen and oxygen atoms in total. The number of hydrogen-bond acceptors (Lipinski definition) is 6. The van der Waals surface area contributed by atoms with Crippen molar-refractivity contribution in [3.8, 4) is 27.6 Å². The lowest BCUT2D eigenvalue weighted by molar-refractivity contribution is -0.146. The summed E-state index contributed by atoms with van der Waals surface area (Å²) in [7, 11) is 0. The van der Waals surface area contributed by atoms with Crippen LogP contribution in [-0.2, 0) is 14.3 Å². The molecule has 7 heteroatoms. The fourth-order valence-corrected chi connectivity index (χ4v) is 4.38. The van der Waals surface area contributed by atoms with Crippen LogP contribution in [0, 0.1) is 0 Å². The molecule has 0 spiro atoms. The number of carbonyl (C=O) groups excluding carboxylic acids is 2. The molecule has 0 bridgehead atoms. The van der Waals surface area contributed by atoms with Gasteiger partial charge in [-0.25, -0.2) is 9.78 Å². The first-order valence-corrected chi connectivity index (χ1v) is 11.3. The Labute approximate surface area is 185 Å². The summed E-state index contributed by atoms with van der Waals surface area (Å²) in [6.45, 7) is 4.05. The van der Waals surface area contributed by atoms with E-state index in [1.807, 2.05) is 67.8 Å². The lowest BCUT2D eigenvalue weighted by atomic mass is 10.1. The zero-order chi connectivity index (χ0) is 21.8. The van der Waals surface area contributed by atoms with Gasteiger partial charge in [-0.05, 0) is 31.0 Å². The lowest BCUT2D eigenvalue weighted by Crippen LogP contribution is -2.49. The van der Waals surface area contributed by atoms with Gasteiger partial charge < -0.3 is 9.47 Å². The largest absolute Gasteiger partial charge is 0.482 e. The van der Waals surface area contributed by atoms with Gasteiger partial charge in [0, 0.05) is 16.5 Å². The Morgan fingerprint density at radius 2 is 2.00 bits per heavy atom. The SMILES string of the molecule is CCCOC(=O)C(CC)N1C(=O)COc2ccc(-c3csc(-c4ccccc4)n3)cc21. The van der Waals surface area contributed by atoms with Gasteiger partial charge in [0.25, 0.3) is 5.91 Å². The minimum Gasteiger partial charge on any atom is -0.482 e. The van der Waals surface area contributed by atoms with Gasteiger partial charge in [0.05, 0.1) is 18.0 Å². The summed E-state index contributed by atoms with van der Waals surface area (Å²) >= 11 is 1.56. The van der Waals surface area contributed by atoms with Crippen LogP contribution in [0.25, 0.3) is 21.8 Å². The lowest BCUT2D eigenvalue weighted by Gasteiger charge is -2.34. The first-order chi connectivity index (χ1) is 15.1. The topological polar surface area (TPSA) is 68.7 Å². The molecule has 0 saturated heterocycles. The zero-order valence-electron chi connectivity index (χ0n) is 17.5. The third kappa shape index (κ3) is 4.32. The maximum atomic E-state index is 12.8. The van der Waals surface area contributed by atoms with Crippen molar-refractivity contribution in [1.29, 1.82) is 0 Å². The van der Waals surface area contributed by atoms with Crippen LogP contribution in [0.1, 0.15) is 26.7 Å². The molecule has 0 radical (unpaired) electrons. The second kappa shape index (κ2) is 9.31. The molecule has 0 fully saturated rings. The minimum atomic E-state index is -0.688. The maximum absolute atomic E-state index is 12.8. The average Bonchev–Trinajstić information content (AvgIpc) is 3.30. The van der Waals surface area contributed by atoms with Gasteiger partial charge in [0.15, 0.2) is 6.61 Å². The predicted molar refractivity (Wildman–Crippen MR) is 121 cm³/mol. The summed E-state index contributed by atoms with van der Waals surface area (Å²) in [6.07, 6.45) is 1.18. The van der Waals surface area contributed by atoms with E-state index in [4.69, 9.17) is 14.5 Å². The van der Waals surface area contributed by atoms with E-state index in [-0.39, 0.29) is 12.5 Å². The number of thiazole rings is 1. The number of ether oxygens (including phenoxy) is 2. The van der Waals surface area contributed by atoms with Crippen molar-refractivity contribution in [2.45, 2.75) is 32.7 Å². The number of benzene rings is 2. The van der Waals surface area contributed by atoms with Crippen LogP contribution in [0.3, 0.4) is 0 Å². The van der Waals surface area contributed by atoms with Gasteiger partial charge in [-0.15, -0.1) is 11.3 Å². The van der Waals surface area contributed by atoms with E-state index in [9.17, 15) is 9.59 Å². The van der Waals surface area contributed by atoms with Crippen molar-refractivity contribution in [3.63, 3.8) is 0 Å². The summed E-state index contributed by atoms with van der Waals surface area (Å²) in [4.78, 5) is 31.7. The third-order valence-corrected chi connectivity index (χ3v) is 5.97. The summed E-state index contributed by atoms with van der Waals surface area (Å²) in [5, 5.41) is 2.92. The third-order valence-electron chi connectivity index (χ3n) is 5.08. The molecule has 31 heavy (non-hydrogen) atoms. The van der Waals surface area contributed by atoms with Crippen LogP contribution < -0.4 is 9.64 Å². The van der Waals surface area contributed by atoms with Gasteiger partial charge >= 0.3 is 5.97 Å². The van der Waals surface area contributed by atoms with Gasteiger partial charge in [-0.3, -0.25) is 9.69 Å². The number of carbonyl (C=O) groups is 2. The van der Waals surface area contributed by atoms with Crippen molar-refractivity contribution >= 4 is 28.9 Å². The van der Waals surface area contributed by atoms with Crippen LogP contribution in [-0.4, -0.2) is 36.1 Å². The normalized spacial score (nSPS) is 14.0. The number of rotatable bonds is 7. The van der Waals surface area contributed by atoms with Crippen molar-refractivity contribution in [2.75, 3.05) is 18.1 Å². The highest BCUT2D eigenvalue weighted by Crippen LogP contribution is 2.38. The molecule has 0 aliphatic carbocycles. The standard InChI is InChI=1S/C24H24N2O4S/c1-3-12-29-24(28)19(4-2)26-20-13-17(10-11-21(20)30-14-22(26)27)18-15-31-23(25-18)16-8-6-5-7-9-16/h5-11,13,15,19H,3-4,12,14H2,1-2H3. The second-order valence-electron chi connectivity index (χ2n) is 7.23. The predicted octanol–water partition coefficient (Wildman–Crippen LogP) is 4.93. The number of amides is 1. The monoisotopic (exact) mass is 436 g/mol. The highest BCUT2D eigenvalue weighted by Gasteiger charge is 2.36. The number of fused-ring (bicyclic) bond motifs is 1. The highest BCUT2D eigenvalue weighted by molar-refractivity contribution is 7.13. The van der Waals surface area contributed by atoms with Crippen LogP contribution in [0.4, 0.5) is 5.69 Å². The Bertz CT molecular complexity index is 1080. The quantitative estimate of drug-likeness (QED) is 0.491. The highest BCUT2D eigenvalue weighted by atomic mass is 32.1. The van der Waals surface area contributed by atoms with Crippen LogP contribution in [0.2, 0.25) is 0 Å². The molecule has 0 N–H and O–H groups in total. The van der Waals surface area contributed by atoms with Crippen molar-refractivity contribution < 1.29 is 19.1 Å². The molecule has 160 valence electrons. The summed E-state index contributed by atoms with van der Waals surface area (Å²) in [6, 6.07) is 14.9. The van der Waals surface area contributed by atoms with Crippen LogP contribution >= 0.6 is 11.3 Å². The first kappa shape index (κ1) is 21.1. The molecule has 0 saturated carbocycles. The van der Waals surface area contributed by atoms with E-state index in [0.717, 1.165) is 28.2 Å². The van der Waals surface area contributed by atoms with Gasteiger partial charge in [0.2, 0.25) is 0 Å². The fraction of sp³-hybridized carbons (Fsp3) is 0.292. The fourth-order valence-electron chi connectivity index (χ4n) is 3.55. The van der Waals surface area contributed by atoms with Crippen molar-refractivity contribution in [1.82, 2.24) is 4.98 Å². The molecule has 2 aromatic carbocycles. The maximum Gasteiger partial charge on any atom is 0.329 e. The van der Waals surface area contributed by atoms with E-state index in [0.29, 0.717) is 24.5 Å². The number of hydrogen-bond donors (Lipinski definition) is 0. The second-order valence-corrected chi connectivity index (χ2v) is 8.09. The number of anilines is 1. The van der Waals surface area contributed by atoms with Crippen molar-refractivity contribution in [2.24, 2.45) is 0 Å². The Morgan fingerprint density at radius 3 is 2.74 bits per heavy atom. The molecule has 3 aromatic rings. The zero-order valence-corrected chi connectivity index (χ0v) is 18.4. The Hall–Kier alpha value is -3.19. The van der Waals surface area contributed by atoms with Gasteiger partial charge in [-0.1, -0.05) is 44.2 Å². The van der Waals surface area contributed by atoms with Crippen LogP contribution in [0.5, 0.6) is 5.75 Å². The summed E-state index contributed by atoms with van der Waals surface area (Å²) < 4.78 is 11.0. The van der Waals surface area contributed by atoms with E-state index in [1.54, 1.807) is 11.3 Å². The molecular weight excluding hydrogens is 412 g/mol. The molecule has 1 unspecified atom stereocenters. The Balaban J connectivity index is 1.68. The molecule has 1 aliphatic heterocycles. The van der Waals surface area contributed by atoms with E-state index in [1.165, 1.54) is 4.90 Å². The molecule has 2 heterocycles. The molecule has 1 aliphatic rings. The minimum absolute atomic E-state index is 0.0985. The van der Waals surface area contributed by atoms with Gasteiger partial charge in [0.1, 0.15) is 16.8 Å². The van der Waals surface area contributed by atoms with Crippen LogP contribution in [0.15, 0.2) is 53.9 Å². The molecule has 1 amide bonds. The van der Waals surface area contributed by atoms with Gasteiger partial charge in [-0.2, -0.15) is 0 Å². The average molecular weight is 437 g/mol. The Morgan fingerprint density at radius 1 is 1.19 bits per heavy atom. The van der Waals surface area contributed by atoms with E-state index < -0.39 is 12.0 Å². The van der Waals surface area contributed by atoms with Crippen molar-refractivity contribution in [3.05, 3.63) is 53.9 Å². The first-order valence-electron chi connectivity index (χ1n) is 10.4. The smallest absolute Gasteiger partial charge is 0.329 e. The summed E-state index contributed by atoms with van der Waals surface area (Å²) in [5.74, 6) is -0.0761. The summed E-state index contributed by atoms with van der Waals surface area (Å²) in [5.41, 5.74) is 3.30. The molecule has 1 atom stereocenters. The molecule has 1 aromatic heterocycles. The Kier molecular flexibility index (Phi) is 6.32. The van der Waals surface area contributed by atoms with E-state index in [2.05, 4.69) is 0 Å². The number of esters is 1. The number of nitrogens with zero attached hydrogens (tertiary/aromatic N) is 2. The van der Waals surface area contributed by atoms with E-state index >= 15 is 0 Å².